The number of hydrogen-bond acceptors (Lipinski definition) is 6. The van der Waals surface area contributed by atoms with Crippen molar-refractivity contribution in [3.8, 4) is 0 Å². The number of nitrogens with two attached hydrogens (primary N) is 1. The van der Waals surface area contributed by atoms with Crippen LogP contribution in [0, 0.1) is 0 Å². The molecule has 0 aliphatic rings. The highest BCUT2D eigenvalue weighted by molar-refractivity contribution is 7.99. The van der Waals surface area contributed by atoms with Crippen LogP contribution in [0.25, 0.3) is 0 Å². The molecule has 0 radical (unpaired) electrons. The molecule has 1 aromatic heterocycles. The summed E-state index contributed by atoms with van der Waals surface area (Å²) in [4.78, 5) is 11.7. The number of thioether (sulfide) groups is 1. The van der Waals surface area contributed by atoms with E-state index >= 15 is 0 Å². The minimum Gasteiger partial charge on any atom is -0.415 e. The maximum Gasteiger partial charge on any atom is 0.277 e. The molecule has 1 aromatic rings. The summed E-state index contributed by atoms with van der Waals surface area (Å²) < 4.78 is 5.20. The van der Waals surface area contributed by atoms with Gasteiger partial charge in [-0.15, -0.1) is 10.2 Å². The number of amides is 1. The maximum atomic E-state index is 11.7. The van der Waals surface area contributed by atoms with E-state index in [1.807, 2.05) is 6.92 Å². The summed E-state index contributed by atoms with van der Waals surface area (Å²) in [6.07, 6.45) is 4.56. The van der Waals surface area contributed by atoms with Crippen LogP contribution >= 0.6 is 11.8 Å². The zero-order valence-electron chi connectivity index (χ0n) is 11.5. The summed E-state index contributed by atoms with van der Waals surface area (Å²) in [5.74, 6) is 0.655. The highest BCUT2D eigenvalue weighted by atomic mass is 32.2. The van der Waals surface area contributed by atoms with Gasteiger partial charge in [-0.3, -0.25) is 4.79 Å². The molecule has 0 bridgehead atoms. The zero-order valence-corrected chi connectivity index (χ0v) is 12.3. The fourth-order valence-corrected chi connectivity index (χ4v) is 2.19. The lowest BCUT2D eigenvalue weighted by Crippen LogP contribution is -2.33. The van der Waals surface area contributed by atoms with Gasteiger partial charge in [-0.05, 0) is 13.3 Å². The standard InChI is InChI=1S/C12H22N4O2S/c1-3-4-5-6-9(2)14-10(17)8-19-12-16-15-11(7-13)18-12/h9H,3-8,13H2,1-2H3,(H,14,17). The first-order valence-electron chi connectivity index (χ1n) is 6.60. The number of nitrogens with one attached hydrogen (secondary N) is 1. The molecular weight excluding hydrogens is 264 g/mol. The van der Waals surface area contributed by atoms with Crippen LogP contribution in [0.4, 0.5) is 0 Å². The average molecular weight is 286 g/mol. The van der Waals surface area contributed by atoms with Gasteiger partial charge in [0, 0.05) is 6.04 Å². The van der Waals surface area contributed by atoms with Crippen LogP contribution < -0.4 is 11.1 Å². The lowest BCUT2D eigenvalue weighted by molar-refractivity contribution is -0.119. The fourth-order valence-electron chi connectivity index (χ4n) is 1.60. The van der Waals surface area contributed by atoms with Gasteiger partial charge in [-0.2, -0.15) is 0 Å². The summed E-state index contributed by atoms with van der Waals surface area (Å²) in [6.45, 7) is 4.41. The van der Waals surface area contributed by atoms with E-state index in [0.717, 1.165) is 12.8 Å². The van der Waals surface area contributed by atoms with Gasteiger partial charge in [-0.1, -0.05) is 37.9 Å². The van der Waals surface area contributed by atoms with Crippen molar-refractivity contribution in [1.82, 2.24) is 15.5 Å². The van der Waals surface area contributed by atoms with E-state index in [1.165, 1.54) is 24.6 Å². The minimum atomic E-state index is -0.0125. The van der Waals surface area contributed by atoms with Crippen LogP contribution in [0.3, 0.4) is 0 Å². The molecule has 1 amide bonds. The first-order chi connectivity index (χ1) is 9.15. The normalized spacial score (nSPS) is 12.4. The molecule has 0 fully saturated rings. The monoisotopic (exact) mass is 286 g/mol. The largest absolute Gasteiger partial charge is 0.415 e. The van der Waals surface area contributed by atoms with Crippen molar-refractivity contribution >= 4 is 17.7 Å². The zero-order chi connectivity index (χ0) is 14.1. The van der Waals surface area contributed by atoms with Crippen LogP contribution in [0.5, 0.6) is 0 Å². The van der Waals surface area contributed by atoms with Crippen molar-refractivity contribution in [1.29, 1.82) is 0 Å². The molecule has 0 aromatic carbocycles. The molecule has 1 heterocycles. The molecule has 1 atom stereocenters. The first kappa shape index (κ1) is 16.0. The highest BCUT2D eigenvalue weighted by Gasteiger charge is 2.10. The molecule has 0 saturated heterocycles. The number of aromatic nitrogens is 2. The van der Waals surface area contributed by atoms with E-state index in [0.29, 0.717) is 11.1 Å². The Morgan fingerprint density at radius 3 is 2.89 bits per heavy atom. The predicted molar refractivity (Wildman–Crippen MR) is 74.7 cm³/mol. The Labute approximate surface area is 117 Å². The fraction of sp³-hybridized carbons (Fsp3) is 0.750. The first-order valence-corrected chi connectivity index (χ1v) is 7.58. The Hall–Kier alpha value is -1.08. The molecule has 19 heavy (non-hydrogen) atoms. The number of carbonyl (C=O) groups excluding carboxylic acids is 1. The Morgan fingerprint density at radius 1 is 1.47 bits per heavy atom. The highest BCUT2D eigenvalue weighted by Crippen LogP contribution is 2.15. The van der Waals surface area contributed by atoms with Gasteiger partial charge < -0.3 is 15.5 Å². The molecule has 3 N–H and O–H groups in total. The molecule has 0 spiro atoms. The van der Waals surface area contributed by atoms with Crippen molar-refractivity contribution in [2.24, 2.45) is 5.73 Å². The second kappa shape index (κ2) is 8.92. The van der Waals surface area contributed by atoms with E-state index in [4.69, 9.17) is 10.2 Å². The van der Waals surface area contributed by atoms with Crippen LogP contribution in [0.15, 0.2) is 9.64 Å². The van der Waals surface area contributed by atoms with Crippen LogP contribution in [-0.4, -0.2) is 27.9 Å². The van der Waals surface area contributed by atoms with Gasteiger partial charge in [0.25, 0.3) is 5.22 Å². The third-order valence-electron chi connectivity index (χ3n) is 2.60. The Morgan fingerprint density at radius 2 is 2.26 bits per heavy atom. The quantitative estimate of drug-likeness (QED) is 0.530. The smallest absolute Gasteiger partial charge is 0.277 e. The van der Waals surface area contributed by atoms with Crippen molar-refractivity contribution in [3.05, 3.63) is 5.89 Å². The summed E-state index contributed by atoms with van der Waals surface area (Å²) in [7, 11) is 0. The lowest BCUT2D eigenvalue weighted by atomic mass is 10.1. The number of hydrogen-bond donors (Lipinski definition) is 2. The predicted octanol–water partition coefficient (Wildman–Crippen LogP) is 1.71. The minimum absolute atomic E-state index is 0.0125. The molecule has 1 rings (SSSR count). The molecule has 6 nitrogen and oxygen atoms in total. The summed E-state index contributed by atoms with van der Waals surface area (Å²) in [5, 5.41) is 10.9. The molecule has 0 saturated carbocycles. The Bertz CT molecular complexity index is 384. The average Bonchev–Trinajstić information content (AvgIpc) is 2.84. The lowest BCUT2D eigenvalue weighted by Gasteiger charge is -2.12. The van der Waals surface area contributed by atoms with E-state index in [9.17, 15) is 4.79 Å². The Balaban J connectivity index is 2.20. The number of rotatable bonds is 9. The molecule has 108 valence electrons. The maximum absolute atomic E-state index is 11.7. The topological polar surface area (TPSA) is 94.0 Å². The summed E-state index contributed by atoms with van der Waals surface area (Å²) in [6, 6.07) is 0.210. The van der Waals surface area contributed by atoms with Crippen LogP contribution in [0.1, 0.15) is 45.4 Å². The van der Waals surface area contributed by atoms with Gasteiger partial charge in [-0.25, -0.2) is 0 Å². The second-order valence-corrected chi connectivity index (χ2v) is 5.35. The number of nitrogens with zero attached hydrogens (tertiary/aromatic N) is 2. The van der Waals surface area contributed by atoms with Gasteiger partial charge in [0.2, 0.25) is 11.8 Å². The van der Waals surface area contributed by atoms with E-state index in [1.54, 1.807) is 0 Å². The van der Waals surface area contributed by atoms with Crippen molar-refractivity contribution in [2.75, 3.05) is 5.75 Å². The van der Waals surface area contributed by atoms with Crippen molar-refractivity contribution in [3.63, 3.8) is 0 Å². The second-order valence-electron chi connectivity index (χ2n) is 4.42. The molecule has 7 heteroatoms. The third kappa shape index (κ3) is 6.58. The molecule has 0 aliphatic heterocycles. The van der Waals surface area contributed by atoms with Gasteiger partial charge in [0.1, 0.15) is 0 Å². The van der Waals surface area contributed by atoms with Gasteiger partial charge >= 0.3 is 0 Å². The molecule has 0 aliphatic carbocycles. The van der Waals surface area contributed by atoms with Crippen LogP contribution in [0.2, 0.25) is 0 Å². The van der Waals surface area contributed by atoms with E-state index in [2.05, 4.69) is 22.4 Å². The summed E-state index contributed by atoms with van der Waals surface area (Å²) in [5.41, 5.74) is 5.36. The van der Waals surface area contributed by atoms with Gasteiger partial charge in [0.15, 0.2) is 0 Å². The van der Waals surface area contributed by atoms with Crippen LogP contribution in [-0.2, 0) is 11.3 Å². The third-order valence-corrected chi connectivity index (χ3v) is 3.42. The van der Waals surface area contributed by atoms with E-state index < -0.39 is 0 Å². The molecule has 1 unspecified atom stereocenters. The SMILES string of the molecule is CCCCCC(C)NC(=O)CSc1nnc(CN)o1. The van der Waals surface area contributed by atoms with Crippen molar-refractivity contribution in [2.45, 2.75) is 57.3 Å². The Kier molecular flexibility index (Phi) is 7.50. The van der Waals surface area contributed by atoms with Gasteiger partial charge in [0.05, 0.1) is 12.3 Å². The summed E-state index contributed by atoms with van der Waals surface area (Å²) >= 11 is 1.23. The van der Waals surface area contributed by atoms with E-state index in [-0.39, 0.29) is 24.2 Å². The number of carbonyl (C=O) groups is 1. The molecular formula is C12H22N4O2S. The number of unbranched alkanes of at least 4 members (excludes halogenated alkanes) is 2. The van der Waals surface area contributed by atoms with Crippen molar-refractivity contribution < 1.29 is 9.21 Å².